The molecule has 2 aromatic rings. The summed E-state index contributed by atoms with van der Waals surface area (Å²) in [7, 11) is 6.27. The predicted molar refractivity (Wildman–Crippen MR) is 118 cm³/mol. The van der Waals surface area contributed by atoms with Crippen LogP contribution in [0.25, 0.3) is 6.08 Å². The Kier molecular flexibility index (Phi) is 6.97. The minimum Gasteiger partial charge on any atom is -0.493 e. The Morgan fingerprint density at radius 2 is 1.40 bits per heavy atom. The van der Waals surface area contributed by atoms with Crippen molar-refractivity contribution >= 4 is 35.1 Å². The molecule has 0 unspecified atom stereocenters. The first-order chi connectivity index (χ1) is 14.6. The van der Waals surface area contributed by atoms with E-state index in [1.54, 1.807) is 65.0 Å². The number of rotatable bonds is 7. The fraction of sp³-hybridized carbons (Fsp3) is 0.190. The van der Waals surface area contributed by atoms with Crippen LogP contribution in [0.5, 0.6) is 23.0 Å². The van der Waals surface area contributed by atoms with Crippen LogP contribution in [0.4, 0.5) is 0 Å². The van der Waals surface area contributed by atoms with E-state index in [0.717, 1.165) is 11.1 Å². The molecular formula is C21H21N3O5S. The van der Waals surface area contributed by atoms with Gasteiger partial charge in [0.1, 0.15) is 0 Å². The van der Waals surface area contributed by atoms with Crippen molar-refractivity contribution in [1.82, 2.24) is 5.32 Å². The fourth-order valence-corrected chi connectivity index (χ4v) is 3.43. The number of hydrogen-bond donors (Lipinski definition) is 1. The maximum absolute atomic E-state index is 12.2. The molecule has 30 heavy (non-hydrogen) atoms. The van der Waals surface area contributed by atoms with E-state index >= 15 is 0 Å². The van der Waals surface area contributed by atoms with Crippen LogP contribution >= 0.6 is 11.8 Å². The molecule has 1 aliphatic heterocycles. The minimum absolute atomic E-state index is 0.241. The lowest BCUT2D eigenvalue weighted by Crippen LogP contribution is -2.19. The van der Waals surface area contributed by atoms with E-state index in [1.807, 2.05) is 12.1 Å². The maximum Gasteiger partial charge on any atom is 0.264 e. The molecule has 0 saturated carbocycles. The number of methoxy groups -OCH3 is 4. The van der Waals surface area contributed by atoms with E-state index in [0.29, 0.717) is 33.1 Å². The van der Waals surface area contributed by atoms with E-state index in [9.17, 15) is 4.79 Å². The van der Waals surface area contributed by atoms with Gasteiger partial charge in [-0.25, -0.2) is 0 Å². The van der Waals surface area contributed by atoms with Crippen molar-refractivity contribution in [3.05, 3.63) is 52.4 Å². The molecule has 1 fully saturated rings. The van der Waals surface area contributed by atoms with Crippen molar-refractivity contribution in [1.29, 1.82) is 0 Å². The number of carbonyl (C=O) groups is 1. The Labute approximate surface area is 178 Å². The molecule has 156 valence electrons. The Morgan fingerprint density at radius 1 is 0.833 bits per heavy atom. The second kappa shape index (κ2) is 9.84. The summed E-state index contributed by atoms with van der Waals surface area (Å²) >= 11 is 1.21. The molecule has 8 nitrogen and oxygen atoms in total. The summed E-state index contributed by atoms with van der Waals surface area (Å²) in [5, 5.41) is 11.2. The molecule has 3 rings (SSSR count). The van der Waals surface area contributed by atoms with Crippen molar-refractivity contribution < 1.29 is 23.7 Å². The Balaban J connectivity index is 1.73. The van der Waals surface area contributed by atoms with Crippen LogP contribution in [-0.4, -0.2) is 45.7 Å². The Morgan fingerprint density at radius 3 is 2.00 bits per heavy atom. The standard InChI is InChI=1S/C21H21N3O5S/c1-26-15-7-5-13(9-17(15)28-3)11-19-20(25)23-21(30-19)24-22-12-14-6-8-16(27-2)18(10-14)29-4/h5-12H,1-4H3,(H,23,24,25)/b19-11+,22-12+. The van der Waals surface area contributed by atoms with Crippen LogP contribution in [0.2, 0.25) is 0 Å². The molecule has 0 spiro atoms. The zero-order chi connectivity index (χ0) is 21.5. The van der Waals surface area contributed by atoms with Gasteiger partial charge in [-0.3, -0.25) is 10.1 Å². The fourth-order valence-electron chi connectivity index (χ4n) is 2.65. The summed E-state index contributed by atoms with van der Waals surface area (Å²) in [6.45, 7) is 0. The number of ether oxygens (including phenoxy) is 4. The van der Waals surface area contributed by atoms with Gasteiger partial charge in [0.05, 0.1) is 39.6 Å². The Hall–Kier alpha value is -3.46. The molecule has 0 radical (unpaired) electrons. The normalized spacial score (nSPS) is 16.2. The lowest BCUT2D eigenvalue weighted by atomic mass is 10.2. The van der Waals surface area contributed by atoms with Gasteiger partial charge in [-0.2, -0.15) is 5.10 Å². The first kappa shape index (κ1) is 21.3. The van der Waals surface area contributed by atoms with E-state index < -0.39 is 0 Å². The molecule has 0 atom stereocenters. The van der Waals surface area contributed by atoms with Gasteiger partial charge >= 0.3 is 0 Å². The first-order valence-corrected chi connectivity index (χ1v) is 9.65. The largest absolute Gasteiger partial charge is 0.493 e. The average molecular weight is 427 g/mol. The lowest BCUT2D eigenvalue weighted by molar-refractivity contribution is -0.115. The van der Waals surface area contributed by atoms with Gasteiger partial charge in [-0.1, -0.05) is 6.07 Å². The summed E-state index contributed by atoms with van der Waals surface area (Å²) in [5.41, 5.74) is 1.59. The highest BCUT2D eigenvalue weighted by atomic mass is 32.2. The topological polar surface area (TPSA) is 90.7 Å². The van der Waals surface area contributed by atoms with Crippen molar-refractivity contribution in [2.75, 3.05) is 28.4 Å². The second-order valence-corrected chi connectivity index (χ2v) is 6.97. The molecule has 9 heteroatoms. The van der Waals surface area contributed by atoms with Crippen LogP contribution in [-0.2, 0) is 4.79 Å². The highest BCUT2D eigenvalue weighted by molar-refractivity contribution is 8.18. The van der Waals surface area contributed by atoms with Gasteiger partial charge in [0, 0.05) is 0 Å². The van der Waals surface area contributed by atoms with Crippen molar-refractivity contribution in [3.63, 3.8) is 0 Å². The number of nitrogens with one attached hydrogen (secondary N) is 1. The summed E-state index contributed by atoms with van der Waals surface area (Å²) in [5.74, 6) is 2.19. The molecule has 1 heterocycles. The second-order valence-electron chi connectivity index (χ2n) is 5.94. The Bertz CT molecular complexity index is 1030. The van der Waals surface area contributed by atoms with Gasteiger partial charge in [-0.05, 0) is 59.3 Å². The van der Waals surface area contributed by atoms with Crippen LogP contribution < -0.4 is 24.3 Å². The molecule has 1 saturated heterocycles. The van der Waals surface area contributed by atoms with Gasteiger partial charge in [0.2, 0.25) is 0 Å². The van der Waals surface area contributed by atoms with Gasteiger partial charge < -0.3 is 18.9 Å². The summed E-state index contributed by atoms with van der Waals surface area (Å²) < 4.78 is 21.0. The monoisotopic (exact) mass is 427 g/mol. The zero-order valence-electron chi connectivity index (χ0n) is 17.0. The van der Waals surface area contributed by atoms with E-state index in [-0.39, 0.29) is 5.91 Å². The third-order valence-electron chi connectivity index (χ3n) is 4.12. The molecule has 2 aromatic carbocycles. The van der Waals surface area contributed by atoms with Crippen LogP contribution in [0, 0.1) is 0 Å². The third-order valence-corrected chi connectivity index (χ3v) is 5.02. The smallest absolute Gasteiger partial charge is 0.264 e. The van der Waals surface area contributed by atoms with Gasteiger partial charge in [0.15, 0.2) is 28.2 Å². The van der Waals surface area contributed by atoms with E-state index in [1.165, 1.54) is 11.8 Å². The highest BCUT2D eigenvalue weighted by Crippen LogP contribution is 2.31. The van der Waals surface area contributed by atoms with Crippen molar-refractivity contribution in [3.8, 4) is 23.0 Å². The molecule has 0 bridgehead atoms. The number of benzene rings is 2. The average Bonchev–Trinajstić information content (AvgIpc) is 3.12. The number of carbonyl (C=O) groups excluding carboxylic acids is 1. The molecule has 1 aliphatic rings. The SMILES string of the molecule is COc1ccc(/C=N/N=C2\NC(=O)/C(=C\c3ccc(OC)c(OC)c3)S2)cc1OC. The number of hydrogen-bond acceptors (Lipinski definition) is 8. The quantitative estimate of drug-likeness (QED) is 0.414. The molecule has 1 N–H and O–H groups in total. The molecule has 1 amide bonds. The maximum atomic E-state index is 12.2. The predicted octanol–water partition coefficient (Wildman–Crippen LogP) is 3.32. The van der Waals surface area contributed by atoms with Crippen LogP contribution in [0.15, 0.2) is 51.5 Å². The lowest BCUT2D eigenvalue weighted by Gasteiger charge is -2.07. The summed E-state index contributed by atoms with van der Waals surface area (Å²) in [6.07, 6.45) is 3.32. The van der Waals surface area contributed by atoms with Crippen LogP contribution in [0.3, 0.4) is 0 Å². The molecule has 0 aliphatic carbocycles. The zero-order valence-corrected chi connectivity index (χ0v) is 17.8. The molecular weight excluding hydrogens is 406 g/mol. The van der Waals surface area contributed by atoms with Crippen LogP contribution in [0.1, 0.15) is 11.1 Å². The number of amidine groups is 1. The number of thioether (sulfide) groups is 1. The van der Waals surface area contributed by atoms with Crippen molar-refractivity contribution in [2.24, 2.45) is 10.2 Å². The molecule has 0 aromatic heterocycles. The first-order valence-electron chi connectivity index (χ1n) is 8.84. The summed E-state index contributed by atoms with van der Waals surface area (Å²) in [6, 6.07) is 10.8. The van der Waals surface area contributed by atoms with Gasteiger partial charge in [-0.15, -0.1) is 5.10 Å². The minimum atomic E-state index is -0.241. The highest BCUT2D eigenvalue weighted by Gasteiger charge is 2.24. The number of nitrogens with zero attached hydrogens (tertiary/aromatic N) is 2. The third kappa shape index (κ3) is 4.93. The van der Waals surface area contributed by atoms with Crippen molar-refractivity contribution in [2.45, 2.75) is 0 Å². The number of amides is 1. The van der Waals surface area contributed by atoms with Gasteiger partial charge in [0.25, 0.3) is 5.91 Å². The van der Waals surface area contributed by atoms with E-state index in [4.69, 9.17) is 18.9 Å². The van der Waals surface area contributed by atoms with E-state index in [2.05, 4.69) is 15.5 Å². The summed E-state index contributed by atoms with van der Waals surface area (Å²) in [4.78, 5) is 12.7.